The zero-order valence-corrected chi connectivity index (χ0v) is 13.3. The first-order valence-corrected chi connectivity index (χ1v) is 7.69. The van der Waals surface area contributed by atoms with Gasteiger partial charge in [-0.2, -0.15) is 0 Å². The minimum atomic E-state index is -0.306. The van der Waals surface area contributed by atoms with Gasteiger partial charge < -0.3 is 10.6 Å². The van der Waals surface area contributed by atoms with Gasteiger partial charge in [-0.15, -0.1) is 0 Å². The lowest BCUT2D eigenvalue weighted by Gasteiger charge is -2.25. The molecule has 0 saturated carbocycles. The molecule has 3 nitrogen and oxygen atoms in total. The average Bonchev–Trinajstić information content (AvgIpc) is 2.41. The van der Waals surface area contributed by atoms with Gasteiger partial charge >= 0.3 is 0 Å². The Labute approximate surface area is 127 Å². The molecular formula is C17H27FN2O. The van der Waals surface area contributed by atoms with Crippen molar-refractivity contribution in [3.63, 3.8) is 0 Å². The van der Waals surface area contributed by atoms with Crippen LogP contribution >= 0.6 is 0 Å². The quantitative estimate of drug-likeness (QED) is 0.677. The van der Waals surface area contributed by atoms with Gasteiger partial charge in [0.25, 0.3) is 0 Å². The molecule has 4 heteroatoms. The number of nitrogens with one attached hydrogen (secondary N) is 2. The lowest BCUT2D eigenvalue weighted by molar-refractivity contribution is -0.115. The van der Waals surface area contributed by atoms with Crippen molar-refractivity contribution in [3.8, 4) is 0 Å². The zero-order valence-electron chi connectivity index (χ0n) is 13.3. The summed E-state index contributed by atoms with van der Waals surface area (Å²) in [6.45, 7) is 7.72. The van der Waals surface area contributed by atoms with Crippen LogP contribution in [-0.2, 0) is 4.79 Å². The highest BCUT2D eigenvalue weighted by Gasteiger charge is 2.17. The van der Waals surface area contributed by atoms with Gasteiger partial charge in [0.05, 0.1) is 6.54 Å². The van der Waals surface area contributed by atoms with Crippen molar-refractivity contribution in [1.29, 1.82) is 0 Å². The molecule has 1 aromatic carbocycles. The molecule has 0 bridgehead atoms. The number of anilines is 1. The van der Waals surface area contributed by atoms with Gasteiger partial charge in [-0.3, -0.25) is 4.79 Å². The third-order valence-electron chi connectivity index (χ3n) is 3.47. The molecule has 0 aliphatic carbocycles. The first-order chi connectivity index (χ1) is 9.93. The molecule has 0 heterocycles. The maximum atomic E-state index is 12.8. The molecule has 0 aliphatic rings. The van der Waals surface area contributed by atoms with E-state index in [4.69, 9.17) is 0 Å². The lowest BCUT2D eigenvalue weighted by Crippen LogP contribution is -2.35. The minimum absolute atomic E-state index is 0.106. The van der Waals surface area contributed by atoms with E-state index in [0.29, 0.717) is 5.69 Å². The highest BCUT2D eigenvalue weighted by atomic mass is 19.1. The molecule has 1 amide bonds. The molecule has 21 heavy (non-hydrogen) atoms. The van der Waals surface area contributed by atoms with Crippen molar-refractivity contribution in [2.75, 3.05) is 18.4 Å². The molecule has 2 N–H and O–H groups in total. The van der Waals surface area contributed by atoms with Crippen LogP contribution < -0.4 is 10.6 Å². The van der Waals surface area contributed by atoms with Gasteiger partial charge in [-0.25, -0.2) is 4.39 Å². The Morgan fingerprint density at radius 1 is 1.19 bits per heavy atom. The van der Waals surface area contributed by atoms with Crippen LogP contribution in [0.2, 0.25) is 0 Å². The fraction of sp³-hybridized carbons (Fsp3) is 0.588. The number of hydrogen-bond donors (Lipinski definition) is 2. The largest absolute Gasteiger partial charge is 0.325 e. The van der Waals surface area contributed by atoms with Gasteiger partial charge in [-0.05, 0) is 36.1 Å². The Balaban J connectivity index is 2.25. The smallest absolute Gasteiger partial charge is 0.238 e. The van der Waals surface area contributed by atoms with Gasteiger partial charge in [0.15, 0.2) is 0 Å². The Bertz CT molecular complexity index is 429. The number of rotatable bonds is 9. The zero-order chi connectivity index (χ0) is 15.7. The SMILES string of the molecule is CCCCCC(C)(C)CNCC(=O)Nc1ccc(F)cc1. The van der Waals surface area contributed by atoms with E-state index in [-0.39, 0.29) is 23.7 Å². The Morgan fingerprint density at radius 3 is 2.48 bits per heavy atom. The van der Waals surface area contributed by atoms with E-state index < -0.39 is 0 Å². The third-order valence-corrected chi connectivity index (χ3v) is 3.47. The van der Waals surface area contributed by atoms with E-state index in [9.17, 15) is 9.18 Å². The van der Waals surface area contributed by atoms with E-state index >= 15 is 0 Å². The van der Waals surface area contributed by atoms with Crippen molar-refractivity contribution in [2.45, 2.75) is 46.5 Å². The monoisotopic (exact) mass is 294 g/mol. The van der Waals surface area contributed by atoms with E-state index in [2.05, 4.69) is 31.4 Å². The van der Waals surface area contributed by atoms with Crippen molar-refractivity contribution in [1.82, 2.24) is 5.32 Å². The van der Waals surface area contributed by atoms with Gasteiger partial charge in [-0.1, -0.05) is 40.0 Å². The number of halogens is 1. The van der Waals surface area contributed by atoms with E-state index in [1.165, 1.54) is 31.4 Å². The highest BCUT2D eigenvalue weighted by Crippen LogP contribution is 2.22. The molecule has 0 spiro atoms. The first kappa shape index (κ1) is 17.6. The second-order valence-electron chi connectivity index (χ2n) is 6.28. The predicted octanol–water partition coefficient (Wildman–Crippen LogP) is 3.96. The van der Waals surface area contributed by atoms with Crippen LogP contribution in [0.1, 0.15) is 46.5 Å². The molecule has 118 valence electrons. The molecule has 1 aromatic rings. The van der Waals surface area contributed by atoms with Crippen molar-refractivity contribution >= 4 is 11.6 Å². The summed E-state index contributed by atoms with van der Waals surface area (Å²) in [5.74, 6) is -0.411. The van der Waals surface area contributed by atoms with Gasteiger partial charge in [0, 0.05) is 12.2 Å². The number of carbonyl (C=O) groups is 1. The number of amides is 1. The summed E-state index contributed by atoms with van der Waals surface area (Å²) in [6.07, 6.45) is 4.87. The maximum Gasteiger partial charge on any atom is 0.238 e. The second-order valence-corrected chi connectivity index (χ2v) is 6.28. The van der Waals surface area contributed by atoms with Crippen LogP contribution in [0, 0.1) is 11.2 Å². The van der Waals surface area contributed by atoms with E-state index in [1.54, 1.807) is 12.1 Å². The fourth-order valence-corrected chi connectivity index (χ4v) is 2.19. The number of hydrogen-bond acceptors (Lipinski definition) is 2. The van der Waals surface area contributed by atoms with Crippen LogP contribution in [0.25, 0.3) is 0 Å². The number of carbonyl (C=O) groups excluding carboxylic acids is 1. The maximum absolute atomic E-state index is 12.8. The number of unbranched alkanes of at least 4 members (excludes halogenated alkanes) is 2. The molecule has 0 aromatic heterocycles. The first-order valence-electron chi connectivity index (χ1n) is 7.69. The van der Waals surface area contributed by atoms with Crippen molar-refractivity contribution in [2.24, 2.45) is 5.41 Å². The average molecular weight is 294 g/mol. The highest BCUT2D eigenvalue weighted by molar-refractivity contribution is 5.92. The van der Waals surface area contributed by atoms with Gasteiger partial charge in [0.2, 0.25) is 5.91 Å². The summed E-state index contributed by atoms with van der Waals surface area (Å²) in [5.41, 5.74) is 0.816. The molecular weight excluding hydrogens is 267 g/mol. The Kier molecular flexibility index (Phi) is 7.37. The van der Waals surface area contributed by atoms with Crippen molar-refractivity contribution < 1.29 is 9.18 Å². The lowest BCUT2D eigenvalue weighted by atomic mass is 9.87. The molecule has 1 rings (SSSR count). The van der Waals surface area contributed by atoms with E-state index in [1.807, 2.05) is 0 Å². The van der Waals surface area contributed by atoms with Crippen LogP contribution in [0.4, 0.5) is 10.1 Å². The number of benzene rings is 1. The molecule has 0 atom stereocenters. The summed E-state index contributed by atoms with van der Waals surface area (Å²) < 4.78 is 12.8. The summed E-state index contributed by atoms with van der Waals surface area (Å²) in [7, 11) is 0. The fourth-order valence-electron chi connectivity index (χ4n) is 2.19. The summed E-state index contributed by atoms with van der Waals surface area (Å²) in [4.78, 5) is 11.8. The molecule has 0 aliphatic heterocycles. The van der Waals surface area contributed by atoms with Crippen molar-refractivity contribution in [3.05, 3.63) is 30.1 Å². The summed E-state index contributed by atoms with van der Waals surface area (Å²) in [5, 5.41) is 5.94. The van der Waals surface area contributed by atoms with Crippen LogP contribution in [0.15, 0.2) is 24.3 Å². The van der Waals surface area contributed by atoms with Crippen LogP contribution in [0.3, 0.4) is 0 Å². The molecule has 0 unspecified atom stereocenters. The Morgan fingerprint density at radius 2 is 1.86 bits per heavy atom. The third kappa shape index (κ3) is 7.81. The van der Waals surface area contributed by atoms with Crippen LogP contribution in [0.5, 0.6) is 0 Å². The summed E-state index contributed by atoms with van der Waals surface area (Å²) >= 11 is 0. The van der Waals surface area contributed by atoms with Gasteiger partial charge in [0.1, 0.15) is 5.82 Å². The van der Waals surface area contributed by atoms with Crippen LogP contribution in [-0.4, -0.2) is 19.0 Å². The Hall–Kier alpha value is -1.42. The standard InChI is InChI=1S/C17H27FN2O/c1-4-5-6-11-17(2,3)13-19-12-16(21)20-15-9-7-14(18)8-10-15/h7-10,19H,4-6,11-13H2,1-3H3,(H,20,21). The topological polar surface area (TPSA) is 41.1 Å². The second kappa shape index (κ2) is 8.78. The summed E-state index contributed by atoms with van der Waals surface area (Å²) in [6, 6.07) is 5.78. The molecule has 0 radical (unpaired) electrons. The molecule has 0 saturated heterocycles. The normalized spacial score (nSPS) is 11.4. The van der Waals surface area contributed by atoms with E-state index in [0.717, 1.165) is 13.0 Å². The predicted molar refractivity (Wildman–Crippen MR) is 85.8 cm³/mol. The minimum Gasteiger partial charge on any atom is -0.325 e. The molecule has 0 fully saturated rings.